The van der Waals surface area contributed by atoms with Crippen LogP contribution in [0, 0.1) is 19.8 Å². The van der Waals surface area contributed by atoms with Crippen LogP contribution in [0.15, 0.2) is 17.0 Å². The molecule has 0 bridgehead atoms. The Balaban J connectivity index is 2.35. The largest absolute Gasteiger partial charge is 0.398 e. The first-order valence-electron chi connectivity index (χ1n) is 6.66. The van der Waals surface area contributed by atoms with E-state index in [1.165, 1.54) is 10.7 Å². The highest BCUT2D eigenvalue weighted by Crippen LogP contribution is 2.31. The van der Waals surface area contributed by atoms with Gasteiger partial charge >= 0.3 is 0 Å². The van der Waals surface area contributed by atoms with Gasteiger partial charge in [0.1, 0.15) is 4.90 Å². The summed E-state index contributed by atoms with van der Waals surface area (Å²) in [5.41, 5.74) is 7.92. The summed E-state index contributed by atoms with van der Waals surface area (Å²) in [6, 6.07) is 3.53. The zero-order valence-electron chi connectivity index (χ0n) is 11.8. The average Bonchev–Trinajstić information content (AvgIpc) is 2.28. The van der Waals surface area contributed by atoms with Crippen LogP contribution in [0.2, 0.25) is 0 Å². The number of benzene rings is 1. The monoisotopic (exact) mass is 282 g/mol. The van der Waals surface area contributed by atoms with E-state index in [1.807, 2.05) is 19.9 Å². The quantitative estimate of drug-likeness (QED) is 0.862. The van der Waals surface area contributed by atoms with Crippen molar-refractivity contribution in [3.63, 3.8) is 0 Å². The summed E-state index contributed by atoms with van der Waals surface area (Å²) in [6.45, 7) is 4.31. The summed E-state index contributed by atoms with van der Waals surface area (Å²) < 4.78 is 26.7. The molecule has 0 unspecified atom stereocenters. The molecule has 2 N–H and O–H groups in total. The van der Waals surface area contributed by atoms with Crippen LogP contribution in [0.25, 0.3) is 0 Å². The number of aryl methyl sites for hydroxylation is 1. The Labute approximate surface area is 115 Å². The maximum Gasteiger partial charge on any atom is 0.245 e. The van der Waals surface area contributed by atoms with E-state index in [4.69, 9.17) is 5.73 Å². The van der Waals surface area contributed by atoms with E-state index in [1.54, 1.807) is 13.1 Å². The number of hydrogen-bond acceptors (Lipinski definition) is 3. The number of sulfonamides is 1. The van der Waals surface area contributed by atoms with E-state index < -0.39 is 10.0 Å². The smallest absolute Gasteiger partial charge is 0.245 e. The van der Waals surface area contributed by atoms with Crippen molar-refractivity contribution in [1.29, 1.82) is 0 Å². The first-order valence-corrected chi connectivity index (χ1v) is 8.10. The predicted octanol–water partition coefficient (Wildman–Crippen LogP) is 2.31. The van der Waals surface area contributed by atoms with Gasteiger partial charge in [0.05, 0.1) is 5.69 Å². The minimum Gasteiger partial charge on any atom is -0.398 e. The van der Waals surface area contributed by atoms with Crippen molar-refractivity contribution in [2.75, 3.05) is 19.3 Å². The number of anilines is 1. The molecule has 0 atom stereocenters. The molecule has 0 amide bonds. The molecule has 19 heavy (non-hydrogen) atoms. The Morgan fingerprint density at radius 3 is 2.47 bits per heavy atom. The van der Waals surface area contributed by atoms with Gasteiger partial charge in [-0.3, -0.25) is 0 Å². The van der Waals surface area contributed by atoms with E-state index in [2.05, 4.69) is 0 Å². The summed E-state index contributed by atoms with van der Waals surface area (Å²) in [5, 5.41) is 0. The molecule has 106 valence electrons. The molecule has 0 radical (unpaired) electrons. The van der Waals surface area contributed by atoms with Crippen molar-refractivity contribution in [2.45, 2.75) is 38.0 Å². The molecule has 1 saturated carbocycles. The van der Waals surface area contributed by atoms with Crippen molar-refractivity contribution in [1.82, 2.24) is 4.31 Å². The van der Waals surface area contributed by atoms with Crippen molar-refractivity contribution >= 4 is 15.7 Å². The Morgan fingerprint density at radius 1 is 1.32 bits per heavy atom. The summed E-state index contributed by atoms with van der Waals surface area (Å²) in [7, 11) is -1.84. The topological polar surface area (TPSA) is 63.4 Å². The molecule has 1 aliphatic carbocycles. The summed E-state index contributed by atoms with van der Waals surface area (Å²) in [6.07, 6.45) is 3.47. The number of nitrogens with two attached hydrogens (primary N) is 1. The van der Waals surface area contributed by atoms with Gasteiger partial charge in [0.2, 0.25) is 10.0 Å². The zero-order chi connectivity index (χ0) is 14.2. The molecule has 1 aromatic rings. The minimum atomic E-state index is -3.49. The minimum absolute atomic E-state index is 0.273. The molecule has 0 aliphatic heterocycles. The van der Waals surface area contributed by atoms with Crippen molar-refractivity contribution in [3.8, 4) is 0 Å². The van der Waals surface area contributed by atoms with Gasteiger partial charge in [-0.15, -0.1) is 0 Å². The summed E-state index contributed by atoms with van der Waals surface area (Å²) >= 11 is 0. The zero-order valence-corrected chi connectivity index (χ0v) is 12.6. The Kier molecular flexibility index (Phi) is 3.87. The van der Waals surface area contributed by atoms with Gasteiger partial charge in [-0.05, 0) is 49.8 Å². The summed E-state index contributed by atoms with van der Waals surface area (Å²) in [4.78, 5) is 0.273. The standard InChI is InChI=1S/C14H22N2O2S/c1-10-7-8-13(15)14(11(10)2)19(17,18)16(3)9-12-5-4-6-12/h7-8,12H,4-6,9,15H2,1-3H3. The first kappa shape index (κ1) is 14.3. The summed E-state index contributed by atoms with van der Waals surface area (Å²) in [5.74, 6) is 0.506. The molecular formula is C14H22N2O2S. The second-order valence-corrected chi connectivity index (χ2v) is 7.49. The average molecular weight is 282 g/mol. The number of nitrogens with zero attached hydrogens (tertiary/aromatic N) is 1. The van der Waals surface area contributed by atoms with Crippen LogP contribution in [-0.2, 0) is 10.0 Å². The molecule has 0 heterocycles. The van der Waals surface area contributed by atoms with Crippen molar-refractivity contribution in [3.05, 3.63) is 23.3 Å². The molecule has 0 saturated heterocycles. The fourth-order valence-corrected chi connectivity index (χ4v) is 4.08. The van der Waals surface area contributed by atoms with Crippen LogP contribution in [0.3, 0.4) is 0 Å². The van der Waals surface area contributed by atoms with Crippen LogP contribution in [0.4, 0.5) is 5.69 Å². The van der Waals surface area contributed by atoms with Crippen LogP contribution >= 0.6 is 0 Å². The van der Waals surface area contributed by atoms with Crippen LogP contribution in [0.5, 0.6) is 0 Å². The lowest BCUT2D eigenvalue weighted by molar-refractivity contribution is 0.263. The van der Waals surface area contributed by atoms with E-state index in [0.29, 0.717) is 18.2 Å². The van der Waals surface area contributed by atoms with E-state index in [9.17, 15) is 8.42 Å². The molecule has 4 nitrogen and oxygen atoms in total. The van der Waals surface area contributed by atoms with Gasteiger partial charge in [0, 0.05) is 13.6 Å². The lowest BCUT2D eigenvalue weighted by Crippen LogP contribution is -2.35. The normalized spacial score (nSPS) is 16.6. The fourth-order valence-electron chi connectivity index (χ4n) is 2.45. The second kappa shape index (κ2) is 5.13. The van der Waals surface area contributed by atoms with Crippen LogP contribution in [0.1, 0.15) is 30.4 Å². The fraction of sp³-hybridized carbons (Fsp3) is 0.571. The third-order valence-electron chi connectivity index (χ3n) is 4.12. The van der Waals surface area contributed by atoms with Gasteiger partial charge < -0.3 is 5.73 Å². The highest BCUT2D eigenvalue weighted by Gasteiger charge is 2.29. The van der Waals surface area contributed by atoms with Crippen LogP contribution < -0.4 is 5.73 Å². The van der Waals surface area contributed by atoms with Crippen molar-refractivity contribution in [2.24, 2.45) is 5.92 Å². The molecule has 2 rings (SSSR count). The van der Waals surface area contributed by atoms with Crippen molar-refractivity contribution < 1.29 is 8.42 Å². The molecule has 1 aromatic carbocycles. The highest BCUT2D eigenvalue weighted by molar-refractivity contribution is 7.89. The highest BCUT2D eigenvalue weighted by atomic mass is 32.2. The Bertz CT molecular complexity index is 577. The molecule has 1 fully saturated rings. The third-order valence-corrected chi connectivity index (χ3v) is 6.14. The molecule has 5 heteroatoms. The molecule has 0 spiro atoms. The van der Waals surface area contributed by atoms with Gasteiger partial charge in [0.15, 0.2) is 0 Å². The van der Waals surface area contributed by atoms with E-state index >= 15 is 0 Å². The number of nitrogen functional groups attached to an aromatic ring is 1. The molecular weight excluding hydrogens is 260 g/mol. The third kappa shape index (κ3) is 2.62. The lowest BCUT2D eigenvalue weighted by Gasteiger charge is -2.30. The number of hydrogen-bond donors (Lipinski definition) is 1. The maximum absolute atomic E-state index is 12.6. The maximum atomic E-state index is 12.6. The van der Waals surface area contributed by atoms with Gasteiger partial charge in [-0.25, -0.2) is 12.7 Å². The Hall–Kier alpha value is -1.07. The molecule has 1 aliphatic rings. The van der Waals surface area contributed by atoms with Gasteiger partial charge in [0.25, 0.3) is 0 Å². The second-order valence-electron chi connectivity index (χ2n) is 5.51. The molecule has 0 aromatic heterocycles. The SMILES string of the molecule is Cc1ccc(N)c(S(=O)(=O)N(C)CC2CCC2)c1C. The number of rotatable bonds is 4. The first-order chi connectivity index (χ1) is 8.84. The van der Waals surface area contributed by atoms with Gasteiger partial charge in [-0.1, -0.05) is 12.5 Å². The lowest BCUT2D eigenvalue weighted by atomic mass is 9.86. The predicted molar refractivity (Wildman–Crippen MR) is 77.5 cm³/mol. The van der Waals surface area contributed by atoms with E-state index in [-0.39, 0.29) is 4.90 Å². The van der Waals surface area contributed by atoms with Crippen LogP contribution in [-0.4, -0.2) is 26.3 Å². The van der Waals surface area contributed by atoms with Gasteiger partial charge in [-0.2, -0.15) is 0 Å². The Morgan fingerprint density at radius 2 is 1.95 bits per heavy atom. The van der Waals surface area contributed by atoms with E-state index in [0.717, 1.165) is 24.0 Å².